The summed E-state index contributed by atoms with van der Waals surface area (Å²) in [6.45, 7) is 4.31. The molecule has 1 aliphatic rings. The lowest BCUT2D eigenvalue weighted by atomic mass is 10.2. The summed E-state index contributed by atoms with van der Waals surface area (Å²) in [5, 5.41) is 0. The monoisotopic (exact) mass is 200 g/mol. The smallest absolute Gasteiger partial charge is 0.330 e. The van der Waals surface area contributed by atoms with Gasteiger partial charge in [-0.25, -0.2) is 4.79 Å². The Kier molecular flexibility index (Phi) is 3.66. The average Bonchev–Trinajstić information content (AvgIpc) is 2.45. The van der Waals surface area contributed by atoms with Crippen LogP contribution in [0.15, 0.2) is 12.2 Å². The summed E-state index contributed by atoms with van der Waals surface area (Å²) < 4.78 is 15.4. The highest BCUT2D eigenvalue weighted by molar-refractivity contribution is 5.81. The van der Waals surface area contributed by atoms with Crippen LogP contribution in [0.2, 0.25) is 0 Å². The number of esters is 1. The average molecular weight is 200 g/mol. The van der Waals surface area contributed by atoms with Crippen LogP contribution < -0.4 is 0 Å². The van der Waals surface area contributed by atoms with Gasteiger partial charge in [-0.2, -0.15) is 0 Å². The molecule has 1 heterocycles. The topological polar surface area (TPSA) is 44.8 Å². The molecule has 0 unspecified atom stereocenters. The largest absolute Gasteiger partial charge is 0.466 e. The van der Waals surface area contributed by atoms with Crippen LogP contribution in [0.5, 0.6) is 0 Å². The molecule has 1 fully saturated rings. The van der Waals surface area contributed by atoms with Crippen molar-refractivity contribution in [2.24, 2.45) is 0 Å². The molecular weight excluding hydrogens is 184 g/mol. The third-order valence-electron chi connectivity index (χ3n) is 1.92. The second kappa shape index (κ2) is 4.57. The Hall–Kier alpha value is -0.870. The number of carbonyl (C=O) groups is 1. The molecule has 0 radical (unpaired) electrons. The summed E-state index contributed by atoms with van der Waals surface area (Å²) in [6.07, 6.45) is 3.83. The lowest BCUT2D eigenvalue weighted by Gasteiger charge is -2.16. The van der Waals surface area contributed by atoms with E-state index < -0.39 is 5.79 Å². The quantitative estimate of drug-likeness (QED) is 0.508. The molecule has 1 rings (SSSR count). The highest BCUT2D eigenvalue weighted by Crippen LogP contribution is 2.23. The molecule has 0 aromatic carbocycles. The van der Waals surface area contributed by atoms with Crippen molar-refractivity contribution in [2.75, 3.05) is 13.7 Å². The molecule has 0 bridgehead atoms. The van der Waals surface area contributed by atoms with Crippen LogP contribution >= 0.6 is 0 Å². The van der Waals surface area contributed by atoms with Crippen molar-refractivity contribution in [3.63, 3.8) is 0 Å². The normalized spacial score (nSPS) is 25.5. The van der Waals surface area contributed by atoms with Crippen LogP contribution in [0, 0.1) is 0 Å². The summed E-state index contributed by atoms with van der Waals surface area (Å²) in [6, 6.07) is 0. The van der Waals surface area contributed by atoms with Crippen molar-refractivity contribution >= 4 is 5.97 Å². The number of carbonyl (C=O) groups excluding carboxylic acids is 1. The zero-order valence-electron chi connectivity index (χ0n) is 8.78. The maximum atomic E-state index is 10.7. The van der Waals surface area contributed by atoms with Crippen LogP contribution in [0.3, 0.4) is 0 Å². The van der Waals surface area contributed by atoms with Gasteiger partial charge in [0.1, 0.15) is 0 Å². The van der Waals surface area contributed by atoms with Crippen LogP contribution in [0.25, 0.3) is 0 Å². The molecule has 0 spiro atoms. The molecular formula is C10H16O4. The molecule has 0 aromatic rings. The Labute approximate surface area is 83.8 Å². The summed E-state index contributed by atoms with van der Waals surface area (Å²) in [5.41, 5.74) is 0. The highest BCUT2D eigenvalue weighted by Gasteiger charge is 2.31. The van der Waals surface area contributed by atoms with Crippen LogP contribution in [-0.2, 0) is 19.0 Å². The molecule has 0 N–H and O–H groups in total. The Morgan fingerprint density at radius 3 is 2.86 bits per heavy atom. The van der Waals surface area contributed by atoms with Gasteiger partial charge >= 0.3 is 5.97 Å². The molecule has 1 saturated heterocycles. The Morgan fingerprint density at radius 1 is 1.64 bits per heavy atom. The SMILES string of the molecule is COC(=O)/C=C/C[C@H]1COC(C)(C)O1. The fourth-order valence-electron chi connectivity index (χ4n) is 1.26. The van der Waals surface area contributed by atoms with Gasteiger partial charge < -0.3 is 14.2 Å². The van der Waals surface area contributed by atoms with Crippen LogP contribution in [0.1, 0.15) is 20.3 Å². The number of rotatable bonds is 3. The van der Waals surface area contributed by atoms with E-state index in [2.05, 4.69) is 4.74 Å². The second-order valence-electron chi connectivity index (χ2n) is 3.61. The molecule has 14 heavy (non-hydrogen) atoms. The Balaban J connectivity index is 2.27. The van der Waals surface area contributed by atoms with E-state index in [1.165, 1.54) is 13.2 Å². The first kappa shape index (κ1) is 11.2. The van der Waals surface area contributed by atoms with Gasteiger partial charge in [-0.1, -0.05) is 6.08 Å². The minimum atomic E-state index is -0.496. The van der Waals surface area contributed by atoms with Crippen LogP contribution in [-0.4, -0.2) is 31.6 Å². The lowest BCUT2D eigenvalue weighted by molar-refractivity contribution is -0.137. The van der Waals surface area contributed by atoms with E-state index in [1.807, 2.05) is 13.8 Å². The molecule has 0 aromatic heterocycles. The number of ether oxygens (including phenoxy) is 3. The summed E-state index contributed by atoms with van der Waals surface area (Å²) in [7, 11) is 1.35. The summed E-state index contributed by atoms with van der Waals surface area (Å²) >= 11 is 0. The van der Waals surface area contributed by atoms with Gasteiger partial charge in [0.15, 0.2) is 5.79 Å². The van der Waals surface area contributed by atoms with Gasteiger partial charge in [-0.3, -0.25) is 0 Å². The van der Waals surface area contributed by atoms with Crippen molar-refractivity contribution in [1.29, 1.82) is 0 Å². The predicted molar refractivity (Wildman–Crippen MR) is 50.7 cm³/mol. The Bertz CT molecular complexity index is 232. The minimum absolute atomic E-state index is 0.0332. The number of hydrogen-bond donors (Lipinski definition) is 0. The zero-order chi connectivity index (χ0) is 10.6. The first-order valence-electron chi connectivity index (χ1n) is 4.60. The maximum Gasteiger partial charge on any atom is 0.330 e. The van der Waals surface area contributed by atoms with Gasteiger partial charge in [-0.05, 0) is 20.3 Å². The van der Waals surface area contributed by atoms with E-state index >= 15 is 0 Å². The summed E-state index contributed by atoms with van der Waals surface area (Å²) in [4.78, 5) is 10.7. The minimum Gasteiger partial charge on any atom is -0.466 e. The number of hydrogen-bond acceptors (Lipinski definition) is 4. The molecule has 0 aliphatic carbocycles. The molecule has 4 nitrogen and oxygen atoms in total. The Morgan fingerprint density at radius 2 is 2.36 bits per heavy atom. The van der Waals surface area contributed by atoms with Crippen molar-refractivity contribution in [2.45, 2.75) is 32.2 Å². The van der Waals surface area contributed by atoms with E-state index in [9.17, 15) is 4.79 Å². The van der Waals surface area contributed by atoms with Crippen LogP contribution in [0.4, 0.5) is 0 Å². The van der Waals surface area contributed by atoms with Gasteiger partial charge in [0, 0.05) is 6.08 Å². The van der Waals surface area contributed by atoms with Gasteiger partial charge in [0.25, 0.3) is 0 Å². The van der Waals surface area contributed by atoms with E-state index in [0.29, 0.717) is 13.0 Å². The van der Waals surface area contributed by atoms with Crippen molar-refractivity contribution < 1.29 is 19.0 Å². The molecule has 80 valence electrons. The predicted octanol–water partition coefficient (Wildman–Crippen LogP) is 1.26. The molecule has 1 atom stereocenters. The molecule has 4 heteroatoms. The lowest BCUT2D eigenvalue weighted by Crippen LogP contribution is -2.21. The highest BCUT2D eigenvalue weighted by atomic mass is 16.7. The van der Waals surface area contributed by atoms with Crippen molar-refractivity contribution in [3.8, 4) is 0 Å². The number of methoxy groups -OCH3 is 1. The fraction of sp³-hybridized carbons (Fsp3) is 0.700. The fourth-order valence-corrected chi connectivity index (χ4v) is 1.26. The summed E-state index contributed by atoms with van der Waals surface area (Å²) in [5.74, 6) is -0.841. The third-order valence-corrected chi connectivity index (χ3v) is 1.92. The molecule has 0 saturated carbocycles. The van der Waals surface area contributed by atoms with E-state index in [1.54, 1.807) is 6.08 Å². The van der Waals surface area contributed by atoms with Gasteiger partial charge in [0.2, 0.25) is 0 Å². The van der Waals surface area contributed by atoms with Crippen molar-refractivity contribution in [3.05, 3.63) is 12.2 Å². The van der Waals surface area contributed by atoms with E-state index in [4.69, 9.17) is 9.47 Å². The third kappa shape index (κ3) is 3.47. The maximum absolute atomic E-state index is 10.7. The van der Waals surface area contributed by atoms with E-state index in [0.717, 1.165) is 0 Å². The van der Waals surface area contributed by atoms with Gasteiger partial charge in [-0.15, -0.1) is 0 Å². The first-order valence-corrected chi connectivity index (χ1v) is 4.60. The molecule has 0 amide bonds. The van der Waals surface area contributed by atoms with Crippen molar-refractivity contribution in [1.82, 2.24) is 0 Å². The standard InChI is InChI=1S/C10H16O4/c1-10(2)13-7-8(14-10)5-4-6-9(11)12-3/h4,6,8H,5,7H2,1-3H3/b6-4+/t8-/m0/s1. The second-order valence-corrected chi connectivity index (χ2v) is 3.61. The first-order chi connectivity index (χ1) is 6.53. The zero-order valence-corrected chi connectivity index (χ0v) is 8.78. The van der Waals surface area contributed by atoms with E-state index in [-0.39, 0.29) is 12.1 Å². The molecule has 1 aliphatic heterocycles. The van der Waals surface area contributed by atoms with Gasteiger partial charge in [0.05, 0.1) is 19.8 Å².